The maximum atomic E-state index is 8.78. The molecular formula is C25H29N3OS. The first-order valence-electron chi connectivity index (χ1n) is 17.2. The molecule has 0 amide bonds. The van der Waals surface area contributed by atoms with E-state index in [1.807, 2.05) is 6.08 Å². The quantitative estimate of drug-likeness (QED) is 0.543. The maximum Gasteiger partial charge on any atom is 0.121 e. The predicted octanol–water partition coefficient (Wildman–Crippen LogP) is 5.32. The van der Waals surface area contributed by atoms with Gasteiger partial charge in [0.25, 0.3) is 0 Å². The fourth-order valence-corrected chi connectivity index (χ4v) is 3.86. The van der Waals surface area contributed by atoms with Gasteiger partial charge in [-0.3, -0.25) is 4.90 Å². The highest BCUT2D eigenvalue weighted by Crippen LogP contribution is 2.31. The van der Waals surface area contributed by atoms with Crippen molar-refractivity contribution < 1.29 is 26.7 Å². The number of thiophene rings is 1. The number of rotatable bonds is 7. The van der Waals surface area contributed by atoms with Crippen LogP contribution >= 0.6 is 11.3 Å². The van der Waals surface area contributed by atoms with E-state index in [0.717, 1.165) is 0 Å². The molecule has 3 aromatic rings. The zero-order chi connectivity index (χ0) is 34.5. The van der Waals surface area contributed by atoms with Gasteiger partial charge in [-0.1, -0.05) is 18.2 Å². The number of hydrogen-bond acceptors (Lipinski definition) is 5. The molecule has 1 saturated heterocycles. The standard InChI is InChI=1S/C25H29N3OS/c1(2-17-29-21-9-8-20-5-4-11-26-23(20)19-21)12-27-13-15-28(16-14-27)24-6-3-7-25-22(24)10-18-30-25/h3-10,18-19,26H,1-2,11-17H2/i1D2,2D2,12D2,13D2,14D2,15D2,16D2,17D2. The third-order valence-electron chi connectivity index (χ3n) is 4.44. The van der Waals surface area contributed by atoms with Crippen LogP contribution < -0.4 is 15.0 Å². The lowest BCUT2D eigenvalue weighted by Crippen LogP contribution is -2.46. The number of anilines is 2. The van der Waals surface area contributed by atoms with Gasteiger partial charge in [0.05, 0.1) is 14.8 Å². The first kappa shape index (κ1) is 8.56. The number of nitrogens with one attached hydrogen (secondary N) is 1. The second kappa shape index (κ2) is 9.11. The Balaban J connectivity index is 1.59. The molecule has 2 aliphatic rings. The van der Waals surface area contributed by atoms with Gasteiger partial charge in [0, 0.05) is 73.8 Å². The van der Waals surface area contributed by atoms with E-state index in [-0.39, 0.29) is 21.7 Å². The predicted molar refractivity (Wildman–Crippen MR) is 129 cm³/mol. The van der Waals surface area contributed by atoms with Crippen molar-refractivity contribution >= 4 is 38.9 Å². The normalized spacial score (nSPS) is 33.0. The molecule has 0 radical (unpaired) electrons. The lowest BCUT2D eigenvalue weighted by molar-refractivity contribution is 0.239. The summed E-state index contributed by atoms with van der Waals surface area (Å²) in [7, 11) is 0. The van der Waals surface area contributed by atoms with Gasteiger partial charge in [-0.25, -0.2) is 0 Å². The third-order valence-corrected chi connectivity index (χ3v) is 5.33. The van der Waals surface area contributed by atoms with Crippen LogP contribution in [0.25, 0.3) is 16.2 Å². The molecule has 1 aromatic heterocycles. The topological polar surface area (TPSA) is 27.7 Å². The first-order valence-corrected chi connectivity index (χ1v) is 10.1. The Labute approximate surface area is 205 Å². The number of benzene rings is 2. The molecular weight excluding hydrogens is 390 g/mol. The van der Waals surface area contributed by atoms with E-state index >= 15 is 0 Å². The Morgan fingerprint density at radius 2 is 2.03 bits per heavy atom. The van der Waals surface area contributed by atoms with Crippen molar-refractivity contribution in [2.45, 2.75) is 12.7 Å². The van der Waals surface area contributed by atoms with Crippen LogP contribution in [0.5, 0.6) is 5.75 Å². The maximum absolute atomic E-state index is 8.78. The van der Waals surface area contributed by atoms with Crippen molar-refractivity contribution in [2.24, 2.45) is 0 Å². The molecule has 2 aliphatic heterocycles. The lowest BCUT2D eigenvalue weighted by atomic mass is 10.1. The second-order valence-corrected chi connectivity index (χ2v) is 7.27. The summed E-state index contributed by atoms with van der Waals surface area (Å²) in [5.41, 5.74) is 0.951. The van der Waals surface area contributed by atoms with E-state index in [9.17, 15) is 0 Å². The molecule has 0 unspecified atom stereocenters. The molecule has 1 fully saturated rings. The molecule has 0 spiro atoms. The van der Waals surface area contributed by atoms with Crippen molar-refractivity contribution in [3.63, 3.8) is 0 Å². The van der Waals surface area contributed by atoms with Crippen LogP contribution in [0.4, 0.5) is 11.4 Å². The van der Waals surface area contributed by atoms with Crippen molar-refractivity contribution in [3.8, 4) is 5.75 Å². The summed E-state index contributed by atoms with van der Waals surface area (Å²) in [6.45, 7) is -22.5. The van der Waals surface area contributed by atoms with Gasteiger partial charge in [-0.2, -0.15) is 0 Å². The fourth-order valence-electron chi connectivity index (χ4n) is 3.05. The van der Waals surface area contributed by atoms with Crippen LogP contribution in [0.1, 0.15) is 40.2 Å². The third kappa shape index (κ3) is 4.32. The number of piperazine rings is 1. The summed E-state index contributed by atoms with van der Waals surface area (Å²) >= 11 is 1.21. The fraction of sp³-hybridized carbons (Fsp3) is 0.360. The van der Waals surface area contributed by atoms with Gasteiger partial charge < -0.3 is 15.0 Å². The minimum Gasteiger partial charge on any atom is -0.494 e. The van der Waals surface area contributed by atoms with E-state index in [2.05, 4.69) is 5.32 Å². The molecule has 0 aliphatic carbocycles. The Morgan fingerprint density at radius 1 is 1.10 bits per heavy atom. The average molecular weight is 436 g/mol. The van der Waals surface area contributed by atoms with Crippen LogP contribution in [-0.4, -0.2) is 50.5 Å². The molecule has 5 rings (SSSR count). The van der Waals surface area contributed by atoms with Crippen molar-refractivity contribution in [3.05, 3.63) is 59.5 Å². The van der Waals surface area contributed by atoms with Gasteiger partial charge in [-0.05, 0) is 60.5 Å². The average Bonchev–Trinajstić information content (AvgIpc) is 3.41. The van der Waals surface area contributed by atoms with Gasteiger partial charge in [0.15, 0.2) is 0 Å². The van der Waals surface area contributed by atoms with Crippen LogP contribution in [0.2, 0.25) is 0 Å². The zero-order valence-electron chi connectivity index (χ0n) is 31.7. The van der Waals surface area contributed by atoms with E-state index in [0.29, 0.717) is 22.5 Å². The summed E-state index contributed by atoms with van der Waals surface area (Å²) in [5, 5.41) is 4.87. The Bertz CT molecular complexity index is 1660. The van der Waals surface area contributed by atoms with E-state index in [4.69, 9.17) is 26.7 Å². The van der Waals surface area contributed by atoms with Crippen LogP contribution in [0.3, 0.4) is 0 Å². The molecule has 4 nitrogen and oxygen atoms in total. The van der Waals surface area contributed by atoms with Crippen LogP contribution in [-0.2, 0) is 0 Å². The van der Waals surface area contributed by atoms with E-state index < -0.39 is 56.7 Å². The Kier molecular flexibility index (Phi) is 2.60. The molecule has 0 bridgehead atoms. The molecule has 0 saturated carbocycles. The second-order valence-electron chi connectivity index (χ2n) is 6.33. The number of hydrogen-bond donors (Lipinski definition) is 1. The summed E-state index contributed by atoms with van der Waals surface area (Å²) in [6, 6.07) is 9.95. The van der Waals surface area contributed by atoms with Gasteiger partial charge in [-0.15, -0.1) is 11.3 Å². The first-order chi connectivity index (χ1) is 20.9. The van der Waals surface area contributed by atoms with Gasteiger partial charge in [0.2, 0.25) is 0 Å². The molecule has 1 N–H and O–H groups in total. The number of nitrogens with zero attached hydrogens (tertiary/aromatic N) is 2. The molecule has 3 heterocycles. The summed E-state index contributed by atoms with van der Waals surface area (Å²) in [6.07, 6.45) is -4.66. The molecule has 156 valence electrons. The zero-order valence-corrected chi connectivity index (χ0v) is 16.5. The highest BCUT2D eigenvalue weighted by molar-refractivity contribution is 7.17. The number of fused-ring (bicyclic) bond motifs is 2. The van der Waals surface area contributed by atoms with Crippen LogP contribution in [0.15, 0.2) is 53.9 Å². The molecule has 0 atom stereocenters. The van der Waals surface area contributed by atoms with Gasteiger partial charge >= 0.3 is 0 Å². The SMILES string of the molecule is [2H]C([2H])(Oc1ccc2c(c1)NCC=C2)C([2H])([2H])C([2H])([2H])C([2H])([2H])N1C([2H])([2H])C([2H])([2H])N(c2cccc3sccc23)C([2H])([2H])C1([2H])[2H]. The summed E-state index contributed by atoms with van der Waals surface area (Å²) in [4.78, 5) is -0.423. The minimum absolute atomic E-state index is 0.216. The number of ether oxygens (including phenoxy) is 1. The van der Waals surface area contributed by atoms with E-state index in [1.165, 1.54) is 47.7 Å². The monoisotopic (exact) mass is 435 g/mol. The van der Waals surface area contributed by atoms with Crippen molar-refractivity contribution in [1.82, 2.24) is 4.90 Å². The highest BCUT2D eigenvalue weighted by atomic mass is 32.1. The Morgan fingerprint density at radius 3 is 2.97 bits per heavy atom. The summed E-state index contributed by atoms with van der Waals surface area (Å²) in [5.74, 6) is -0.263. The molecule has 2 aromatic carbocycles. The van der Waals surface area contributed by atoms with Crippen molar-refractivity contribution in [2.75, 3.05) is 55.8 Å². The molecule has 30 heavy (non-hydrogen) atoms. The smallest absolute Gasteiger partial charge is 0.121 e. The lowest BCUT2D eigenvalue weighted by Gasteiger charge is -2.36. The van der Waals surface area contributed by atoms with Crippen LogP contribution in [0, 0.1) is 0 Å². The highest BCUT2D eigenvalue weighted by Gasteiger charge is 2.18. The Hall–Kier alpha value is -2.50. The largest absolute Gasteiger partial charge is 0.494 e. The van der Waals surface area contributed by atoms with Gasteiger partial charge in [0.1, 0.15) is 5.75 Å². The van der Waals surface area contributed by atoms with E-state index in [1.54, 1.807) is 17.5 Å². The van der Waals surface area contributed by atoms with Crippen molar-refractivity contribution in [1.29, 1.82) is 0 Å². The molecule has 5 heteroatoms. The minimum atomic E-state index is -4.26. The summed E-state index contributed by atoms with van der Waals surface area (Å²) < 4.78 is 144.